The van der Waals surface area contributed by atoms with Gasteiger partial charge in [0.25, 0.3) is 0 Å². The van der Waals surface area contributed by atoms with Gasteiger partial charge in [0, 0.05) is 37.4 Å². The molecule has 3 aromatic rings. The first-order valence-electron chi connectivity index (χ1n) is 11.0. The van der Waals surface area contributed by atoms with Gasteiger partial charge in [-0.05, 0) is 31.2 Å². The summed E-state index contributed by atoms with van der Waals surface area (Å²) in [5.74, 6) is 0.936. The number of amides is 2. The van der Waals surface area contributed by atoms with Crippen LogP contribution in [0.15, 0.2) is 59.1 Å². The van der Waals surface area contributed by atoms with Crippen molar-refractivity contribution in [3.8, 4) is 11.4 Å². The average molecular weight is 484 g/mol. The first-order valence-corrected chi connectivity index (χ1v) is 12.2. The number of piperazine rings is 1. The molecule has 0 bridgehead atoms. The van der Waals surface area contributed by atoms with Crippen molar-refractivity contribution in [2.45, 2.75) is 13.0 Å². The number of hydrogen-bond donors (Lipinski definition) is 1. The highest BCUT2D eigenvalue weighted by Gasteiger charge is 2.27. The Balaban J connectivity index is 1.19. The number of nitrogens with zero attached hydrogens (tertiary/aromatic N) is 4. The molecule has 0 aliphatic carbocycles. The topological polar surface area (TPSA) is 91.6 Å². The van der Waals surface area contributed by atoms with E-state index in [1.807, 2.05) is 42.2 Å². The van der Waals surface area contributed by atoms with Crippen molar-refractivity contribution in [1.82, 2.24) is 19.9 Å². The summed E-state index contributed by atoms with van der Waals surface area (Å²) < 4.78 is 18.4. The van der Waals surface area contributed by atoms with Gasteiger partial charge in [-0.15, -0.1) is 11.8 Å². The molecule has 1 aliphatic rings. The summed E-state index contributed by atoms with van der Waals surface area (Å²) in [6, 6.07) is 15.2. The Bertz CT molecular complexity index is 1100. The van der Waals surface area contributed by atoms with Gasteiger partial charge < -0.3 is 14.7 Å². The summed E-state index contributed by atoms with van der Waals surface area (Å²) in [6.07, 6.45) is 0. The van der Waals surface area contributed by atoms with Crippen molar-refractivity contribution in [2.24, 2.45) is 0 Å². The van der Waals surface area contributed by atoms with Crippen LogP contribution >= 0.6 is 11.8 Å². The van der Waals surface area contributed by atoms with E-state index in [0.29, 0.717) is 43.6 Å². The van der Waals surface area contributed by atoms with E-state index in [4.69, 9.17) is 4.52 Å². The predicted molar refractivity (Wildman–Crippen MR) is 129 cm³/mol. The number of carbonyl (C=O) groups excluding carboxylic acids is 2. The van der Waals surface area contributed by atoms with Crippen molar-refractivity contribution in [2.75, 3.05) is 43.0 Å². The number of hydrogen-bond acceptors (Lipinski definition) is 7. The number of rotatable bonds is 8. The molecule has 1 saturated heterocycles. The lowest BCUT2D eigenvalue weighted by Gasteiger charge is -2.36. The van der Waals surface area contributed by atoms with Crippen LogP contribution in [0, 0.1) is 5.82 Å². The fourth-order valence-electron chi connectivity index (χ4n) is 3.68. The molecule has 2 aromatic carbocycles. The van der Waals surface area contributed by atoms with Gasteiger partial charge in [-0.2, -0.15) is 4.98 Å². The Hall–Kier alpha value is -3.24. The van der Waals surface area contributed by atoms with E-state index in [0.717, 1.165) is 5.56 Å². The van der Waals surface area contributed by atoms with Gasteiger partial charge in [-0.1, -0.05) is 35.5 Å². The molecule has 0 saturated carbocycles. The van der Waals surface area contributed by atoms with Crippen LogP contribution in [-0.2, 0) is 9.59 Å². The highest BCUT2D eigenvalue weighted by Crippen LogP contribution is 2.23. The molecular weight excluding hydrogens is 457 g/mol. The van der Waals surface area contributed by atoms with Gasteiger partial charge in [0.15, 0.2) is 0 Å². The summed E-state index contributed by atoms with van der Waals surface area (Å²) in [5, 5.41) is 6.78. The Morgan fingerprint density at radius 3 is 2.47 bits per heavy atom. The average Bonchev–Trinajstić information content (AvgIpc) is 3.36. The van der Waals surface area contributed by atoms with E-state index in [1.165, 1.54) is 36.0 Å². The molecule has 10 heteroatoms. The minimum absolute atomic E-state index is 0.0102. The predicted octanol–water partition coefficient (Wildman–Crippen LogP) is 3.45. The van der Waals surface area contributed by atoms with Crippen LogP contribution < -0.4 is 5.32 Å². The SMILES string of the molecule is CC(c1nc(-c2ccccc2)no1)N1CCN(C(=O)CSCC(=O)Nc2ccc(F)cc2)CC1. The Labute approximate surface area is 201 Å². The highest BCUT2D eigenvalue weighted by atomic mass is 32.2. The second-order valence-electron chi connectivity index (χ2n) is 7.96. The second-order valence-corrected chi connectivity index (χ2v) is 8.95. The largest absolute Gasteiger partial charge is 0.339 e. The van der Waals surface area contributed by atoms with Gasteiger partial charge in [-0.25, -0.2) is 4.39 Å². The van der Waals surface area contributed by atoms with Gasteiger partial charge >= 0.3 is 0 Å². The normalized spacial score (nSPS) is 15.2. The quantitative estimate of drug-likeness (QED) is 0.525. The van der Waals surface area contributed by atoms with Gasteiger partial charge in [0.1, 0.15) is 5.82 Å². The Morgan fingerprint density at radius 2 is 1.76 bits per heavy atom. The maximum atomic E-state index is 12.9. The second kappa shape index (κ2) is 11.3. The Morgan fingerprint density at radius 1 is 1.06 bits per heavy atom. The van der Waals surface area contributed by atoms with Crippen LogP contribution in [0.2, 0.25) is 0 Å². The number of carbonyl (C=O) groups is 2. The molecule has 1 fully saturated rings. The molecule has 1 aromatic heterocycles. The van der Waals surface area contributed by atoms with E-state index >= 15 is 0 Å². The van der Waals surface area contributed by atoms with Crippen molar-refractivity contribution in [3.05, 3.63) is 66.3 Å². The van der Waals surface area contributed by atoms with Crippen LogP contribution in [0.1, 0.15) is 18.9 Å². The maximum Gasteiger partial charge on any atom is 0.244 e. The highest BCUT2D eigenvalue weighted by molar-refractivity contribution is 8.00. The van der Waals surface area contributed by atoms with Gasteiger partial charge in [-0.3, -0.25) is 14.5 Å². The number of anilines is 1. The van der Waals surface area contributed by atoms with E-state index < -0.39 is 0 Å². The fourth-order valence-corrected chi connectivity index (χ4v) is 4.39. The number of benzene rings is 2. The van der Waals surface area contributed by atoms with Crippen molar-refractivity contribution in [1.29, 1.82) is 0 Å². The molecule has 1 unspecified atom stereocenters. The standard InChI is InChI=1S/C24H26FN5O3S/c1-17(24-27-23(28-33-24)18-5-3-2-4-6-18)29-11-13-30(14-12-29)22(32)16-34-15-21(31)26-20-9-7-19(25)8-10-20/h2-10,17H,11-16H2,1H3,(H,26,31). The number of aromatic nitrogens is 2. The minimum Gasteiger partial charge on any atom is -0.339 e. The van der Waals surface area contributed by atoms with E-state index in [9.17, 15) is 14.0 Å². The number of nitrogens with one attached hydrogen (secondary N) is 1. The van der Waals surface area contributed by atoms with E-state index in [2.05, 4.69) is 20.4 Å². The third-order valence-electron chi connectivity index (χ3n) is 5.63. The molecule has 178 valence electrons. The van der Waals surface area contributed by atoms with Gasteiger partial charge in [0.05, 0.1) is 17.5 Å². The summed E-state index contributed by atoms with van der Waals surface area (Å²) in [4.78, 5) is 33.2. The van der Waals surface area contributed by atoms with Crippen LogP contribution in [0.3, 0.4) is 0 Å². The van der Waals surface area contributed by atoms with Crippen molar-refractivity contribution in [3.63, 3.8) is 0 Å². The van der Waals surface area contributed by atoms with E-state index in [-0.39, 0.29) is 35.2 Å². The van der Waals surface area contributed by atoms with Crippen LogP contribution in [0.5, 0.6) is 0 Å². The molecule has 34 heavy (non-hydrogen) atoms. The smallest absolute Gasteiger partial charge is 0.244 e. The Kier molecular flexibility index (Phi) is 7.91. The van der Waals surface area contributed by atoms with Crippen molar-refractivity contribution >= 4 is 29.3 Å². The zero-order valence-corrected chi connectivity index (χ0v) is 19.6. The zero-order valence-electron chi connectivity index (χ0n) is 18.8. The molecule has 2 amide bonds. The first-order chi connectivity index (χ1) is 16.5. The molecule has 2 heterocycles. The molecular formula is C24H26FN5O3S. The lowest BCUT2D eigenvalue weighted by Crippen LogP contribution is -2.49. The maximum absolute atomic E-state index is 12.9. The van der Waals surface area contributed by atoms with E-state index in [1.54, 1.807) is 0 Å². The number of thioether (sulfide) groups is 1. The van der Waals surface area contributed by atoms with Crippen LogP contribution in [0.25, 0.3) is 11.4 Å². The molecule has 1 atom stereocenters. The molecule has 8 nitrogen and oxygen atoms in total. The monoisotopic (exact) mass is 483 g/mol. The first kappa shape index (κ1) is 23.9. The molecule has 0 radical (unpaired) electrons. The van der Waals surface area contributed by atoms with Crippen LogP contribution in [-0.4, -0.2) is 69.4 Å². The molecule has 1 aliphatic heterocycles. The lowest BCUT2D eigenvalue weighted by molar-refractivity contribution is -0.130. The molecule has 0 spiro atoms. The van der Waals surface area contributed by atoms with Gasteiger partial charge in [0.2, 0.25) is 23.5 Å². The van der Waals surface area contributed by atoms with Crippen LogP contribution in [0.4, 0.5) is 10.1 Å². The third kappa shape index (κ3) is 6.21. The molecule has 1 N–H and O–H groups in total. The number of halogens is 1. The summed E-state index contributed by atoms with van der Waals surface area (Å²) in [6.45, 7) is 4.63. The van der Waals surface area contributed by atoms with Crippen molar-refractivity contribution < 1.29 is 18.5 Å². The summed E-state index contributed by atoms with van der Waals surface area (Å²) in [7, 11) is 0. The summed E-state index contributed by atoms with van der Waals surface area (Å²) >= 11 is 1.27. The lowest BCUT2D eigenvalue weighted by atomic mass is 10.2. The molecule has 4 rings (SSSR count). The minimum atomic E-state index is -0.360. The fraction of sp³-hybridized carbons (Fsp3) is 0.333. The third-order valence-corrected chi connectivity index (χ3v) is 6.55. The zero-order chi connectivity index (χ0) is 23.9. The summed E-state index contributed by atoms with van der Waals surface area (Å²) in [5.41, 5.74) is 1.43.